The Morgan fingerprint density at radius 1 is 1.23 bits per heavy atom. The van der Waals surface area contributed by atoms with Gasteiger partial charge in [0.2, 0.25) is 5.91 Å². The number of amides is 2. The SMILES string of the molecule is C[C@H]1CCc2sc(C(=O)NCC(=O)Nc3ccc(F)c(F)c3F)cc2C1. The Morgan fingerprint density at radius 3 is 2.77 bits per heavy atom. The maximum Gasteiger partial charge on any atom is 0.261 e. The van der Waals surface area contributed by atoms with Crippen LogP contribution in [-0.4, -0.2) is 18.4 Å². The number of hydrogen-bond acceptors (Lipinski definition) is 3. The van der Waals surface area contributed by atoms with Gasteiger partial charge in [-0.15, -0.1) is 11.3 Å². The van der Waals surface area contributed by atoms with Crippen molar-refractivity contribution in [2.45, 2.75) is 26.2 Å². The van der Waals surface area contributed by atoms with Gasteiger partial charge in [0.1, 0.15) is 0 Å². The minimum Gasteiger partial charge on any atom is -0.342 e. The summed E-state index contributed by atoms with van der Waals surface area (Å²) in [7, 11) is 0. The highest BCUT2D eigenvalue weighted by atomic mass is 32.1. The lowest BCUT2D eigenvalue weighted by atomic mass is 9.90. The molecular formula is C18H17F3N2O2S. The van der Waals surface area contributed by atoms with E-state index in [-0.39, 0.29) is 0 Å². The summed E-state index contributed by atoms with van der Waals surface area (Å²) in [6.45, 7) is 1.76. The van der Waals surface area contributed by atoms with Crippen molar-refractivity contribution in [1.29, 1.82) is 0 Å². The van der Waals surface area contributed by atoms with Crippen molar-refractivity contribution in [2.75, 3.05) is 11.9 Å². The average molecular weight is 382 g/mol. The molecule has 1 aliphatic rings. The van der Waals surface area contributed by atoms with E-state index in [2.05, 4.69) is 17.6 Å². The second kappa shape index (κ2) is 7.49. The van der Waals surface area contributed by atoms with Crippen molar-refractivity contribution in [1.82, 2.24) is 5.32 Å². The predicted molar refractivity (Wildman–Crippen MR) is 92.8 cm³/mol. The van der Waals surface area contributed by atoms with Crippen LogP contribution in [0.5, 0.6) is 0 Å². The Morgan fingerprint density at radius 2 is 2.00 bits per heavy atom. The summed E-state index contributed by atoms with van der Waals surface area (Å²) in [6, 6.07) is 3.48. The number of hydrogen-bond donors (Lipinski definition) is 2. The van der Waals surface area contributed by atoms with Crippen LogP contribution in [0, 0.1) is 23.4 Å². The molecule has 0 aliphatic heterocycles. The highest BCUT2D eigenvalue weighted by Crippen LogP contribution is 2.32. The number of fused-ring (bicyclic) bond motifs is 1. The van der Waals surface area contributed by atoms with E-state index in [1.54, 1.807) is 0 Å². The monoisotopic (exact) mass is 382 g/mol. The third-order valence-electron chi connectivity index (χ3n) is 4.27. The van der Waals surface area contributed by atoms with E-state index in [0.717, 1.165) is 25.3 Å². The standard InChI is InChI=1S/C18H17F3N2O2S/c1-9-2-5-13-10(6-9)7-14(26-13)18(25)22-8-15(24)23-12-4-3-11(19)16(20)17(12)21/h3-4,7,9H,2,5-6,8H2,1H3,(H,22,25)(H,23,24)/t9-/m0/s1. The molecular weight excluding hydrogens is 365 g/mol. The molecule has 0 saturated carbocycles. The molecule has 2 N–H and O–H groups in total. The molecule has 0 bridgehead atoms. The number of nitrogens with one attached hydrogen (secondary N) is 2. The van der Waals surface area contributed by atoms with E-state index < -0.39 is 41.5 Å². The minimum atomic E-state index is -1.66. The minimum absolute atomic E-state index is 0.391. The van der Waals surface area contributed by atoms with Gasteiger partial charge in [0.25, 0.3) is 5.91 Å². The summed E-state index contributed by atoms with van der Waals surface area (Å²) in [5.41, 5.74) is 0.691. The lowest BCUT2D eigenvalue weighted by molar-refractivity contribution is -0.115. The first-order valence-electron chi connectivity index (χ1n) is 8.18. The average Bonchev–Trinajstić information content (AvgIpc) is 3.03. The van der Waals surface area contributed by atoms with Crippen LogP contribution in [0.2, 0.25) is 0 Å². The highest BCUT2D eigenvalue weighted by molar-refractivity contribution is 7.14. The fourth-order valence-electron chi connectivity index (χ4n) is 2.88. The lowest BCUT2D eigenvalue weighted by Gasteiger charge is -2.16. The predicted octanol–water partition coefficient (Wildman–Crippen LogP) is 3.66. The Hall–Kier alpha value is -2.35. The zero-order chi connectivity index (χ0) is 18.8. The molecule has 0 saturated heterocycles. The van der Waals surface area contributed by atoms with Gasteiger partial charge >= 0.3 is 0 Å². The number of anilines is 1. The van der Waals surface area contributed by atoms with Crippen molar-refractivity contribution in [3.63, 3.8) is 0 Å². The summed E-state index contributed by atoms with van der Waals surface area (Å²) >= 11 is 1.41. The molecule has 138 valence electrons. The van der Waals surface area contributed by atoms with E-state index in [1.807, 2.05) is 6.07 Å². The van der Waals surface area contributed by atoms with Crippen LogP contribution in [0.1, 0.15) is 33.5 Å². The first-order valence-corrected chi connectivity index (χ1v) is 9.00. The topological polar surface area (TPSA) is 58.2 Å². The Labute approximate surface area is 152 Å². The second-order valence-corrected chi connectivity index (χ2v) is 7.50. The van der Waals surface area contributed by atoms with Gasteiger partial charge in [-0.3, -0.25) is 9.59 Å². The van der Waals surface area contributed by atoms with Gasteiger partial charge in [0, 0.05) is 4.88 Å². The molecule has 8 heteroatoms. The quantitative estimate of drug-likeness (QED) is 0.793. The van der Waals surface area contributed by atoms with Crippen molar-refractivity contribution >= 4 is 28.8 Å². The van der Waals surface area contributed by atoms with Crippen LogP contribution in [-0.2, 0) is 17.6 Å². The third kappa shape index (κ3) is 3.90. The van der Waals surface area contributed by atoms with Crippen molar-refractivity contribution in [2.24, 2.45) is 5.92 Å². The molecule has 1 aliphatic carbocycles. The summed E-state index contributed by atoms with van der Waals surface area (Å²) in [5, 5.41) is 4.56. The summed E-state index contributed by atoms with van der Waals surface area (Å²) in [5.74, 6) is -5.03. The summed E-state index contributed by atoms with van der Waals surface area (Å²) < 4.78 is 39.6. The molecule has 3 rings (SSSR count). The van der Waals surface area contributed by atoms with Crippen molar-refractivity contribution in [3.05, 3.63) is 51.0 Å². The molecule has 1 aromatic carbocycles. The molecule has 0 unspecified atom stereocenters. The van der Waals surface area contributed by atoms with Crippen molar-refractivity contribution in [3.8, 4) is 0 Å². The maximum atomic E-state index is 13.5. The van der Waals surface area contributed by atoms with Gasteiger partial charge in [0.15, 0.2) is 17.5 Å². The molecule has 0 fully saturated rings. The normalized spacial score (nSPS) is 16.1. The van der Waals surface area contributed by atoms with Gasteiger partial charge in [-0.1, -0.05) is 6.92 Å². The van der Waals surface area contributed by atoms with Crippen LogP contribution in [0.15, 0.2) is 18.2 Å². The third-order valence-corrected chi connectivity index (χ3v) is 5.51. The molecule has 4 nitrogen and oxygen atoms in total. The van der Waals surface area contributed by atoms with Gasteiger partial charge in [-0.05, 0) is 48.9 Å². The highest BCUT2D eigenvalue weighted by Gasteiger charge is 2.21. The maximum absolute atomic E-state index is 13.5. The van der Waals surface area contributed by atoms with Gasteiger partial charge in [-0.2, -0.15) is 0 Å². The fraction of sp³-hybridized carbons (Fsp3) is 0.333. The van der Waals surface area contributed by atoms with Crippen LogP contribution in [0.25, 0.3) is 0 Å². The number of thiophene rings is 1. The zero-order valence-electron chi connectivity index (χ0n) is 14.0. The Bertz CT molecular complexity index is 866. The molecule has 2 amide bonds. The molecule has 2 aromatic rings. The first-order chi connectivity index (χ1) is 12.3. The van der Waals surface area contributed by atoms with E-state index >= 15 is 0 Å². The van der Waals surface area contributed by atoms with Gasteiger partial charge < -0.3 is 10.6 Å². The number of halogens is 3. The van der Waals surface area contributed by atoms with Gasteiger partial charge in [-0.25, -0.2) is 13.2 Å². The van der Waals surface area contributed by atoms with E-state index in [4.69, 9.17) is 0 Å². The number of carbonyl (C=O) groups excluding carboxylic acids is 2. The first kappa shape index (κ1) is 18.4. The van der Waals surface area contributed by atoms with Crippen molar-refractivity contribution < 1.29 is 22.8 Å². The van der Waals surface area contributed by atoms with E-state index in [9.17, 15) is 22.8 Å². The molecule has 0 spiro atoms. The zero-order valence-corrected chi connectivity index (χ0v) is 14.8. The number of carbonyl (C=O) groups is 2. The van der Waals surface area contributed by atoms with Crippen LogP contribution >= 0.6 is 11.3 Å². The van der Waals surface area contributed by atoms with E-state index in [1.165, 1.54) is 21.8 Å². The molecule has 1 heterocycles. The summed E-state index contributed by atoms with van der Waals surface area (Å²) in [4.78, 5) is 25.8. The number of benzene rings is 1. The van der Waals surface area contributed by atoms with Crippen LogP contribution in [0.4, 0.5) is 18.9 Å². The van der Waals surface area contributed by atoms with Crippen LogP contribution in [0.3, 0.4) is 0 Å². The molecule has 1 aromatic heterocycles. The second-order valence-electron chi connectivity index (χ2n) is 6.36. The Kier molecular flexibility index (Phi) is 5.31. The molecule has 26 heavy (non-hydrogen) atoms. The number of aryl methyl sites for hydroxylation is 1. The Balaban J connectivity index is 1.58. The van der Waals surface area contributed by atoms with Crippen LogP contribution < -0.4 is 10.6 Å². The largest absolute Gasteiger partial charge is 0.342 e. The summed E-state index contributed by atoms with van der Waals surface area (Å²) in [6.07, 6.45) is 2.98. The number of rotatable bonds is 4. The van der Waals surface area contributed by atoms with Gasteiger partial charge in [0.05, 0.1) is 17.1 Å². The fourth-order valence-corrected chi connectivity index (χ4v) is 4.01. The molecule has 1 atom stereocenters. The molecule has 0 radical (unpaired) electrons. The van der Waals surface area contributed by atoms with E-state index in [0.29, 0.717) is 16.9 Å². The smallest absolute Gasteiger partial charge is 0.261 e. The lowest BCUT2D eigenvalue weighted by Crippen LogP contribution is -2.32.